The van der Waals surface area contributed by atoms with Gasteiger partial charge in [-0.25, -0.2) is 13.8 Å². The van der Waals surface area contributed by atoms with Gasteiger partial charge < -0.3 is 20.1 Å². The van der Waals surface area contributed by atoms with Crippen molar-refractivity contribution >= 4 is 11.6 Å². The molecule has 0 radical (unpaired) electrons. The summed E-state index contributed by atoms with van der Waals surface area (Å²) in [5.74, 6) is 0.476. The Labute approximate surface area is 145 Å². The maximum Gasteiger partial charge on any atom is 0.191 e. The number of benzene rings is 1. The van der Waals surface area contributed by atoms with Gasteiger partial charge in [-0.3, -0.25) is 4.99 Å². The number of hydrogen-bond acceptors (Lipinski definition) is 3. The number of hydrogen-bond donors (Lipinski definition) is 2. The van der Waals surface area contributed by atoms with Crippen molar-refractivity contribution in [1.82, 2.24) is 20.2 Å². The summed E-state index contributed by atoms with van der Waals surface area (Å²) in [6.45, 7) is 1.65. The van der Waals surface area contributed by atoms with E-state index in [1.807, 2.05) is 17.8 Å². The third-order valence-corrected chi connectivity index (χ3v) is 4.34. The number of halogens is 2. The van der Waals surface area contributed by atoms with E-state index in [0.717, 1.165) is 12.2 Å². The molecule has 1 aromatic heterocycles. The number of guanidine groups is 1. The van der Waals surface area contributed by atoms with Gasteiger partial charge in [0.25, 0.3) is 0 Å². The SMILES string of the molecule is CN=C(NCc1nccn1C)NC1CCN(c2c(F)cccc2F)C1. The van der Waals surface area contributed by atoms with E-state index in [2.05, 4.69) is 20.6 Å². The van der Waals surface area contributed by atoms with Gasteiger partial charge in [0, 0.05) is 45.6 Å². The fourth-order valence-corrected chi connectivity index (χ4v) is 2.99. The van der Waals surface area contributed by atoms with Crippen molar-refractivity contribution in [2.24, 2.45) is 12.0 Å². The van der Waals surface area contributed by atoms with Gasteiger partial charge in [0.15, 0.2) is 5.96 Å². The zero-order chi connectivity index (χ0) is 17.8. The number of rotatable bonds is 4. The van der Waals surface area contributed by atoms with Crippen LogP contribution in [0.4, 0.5) is 14.5 Å². The molecule has 1 saturated heterocycles. The largest absolute Gasteiger partial charge is 0.365 e. The van der Waals surface area contributed by atoms with Gasteiger partial charge in [0.2, 0.25) is 0 Å². The molecule has 3 rings (SSSR count). The molecule has 6 nitrogen and oxygen atoms in total. The van der Waals surface area contributed by atoms with Crippen LogP contribution in [0.2, 0.25) is 0 Å². The summed E-state index contributed by atoms with van der Waals surface area (Å²) in [6, 6.07) is 4.01. The minimum Gasteiger partial charge on any atom is -0.365 e. The molecule has 8 heteroatoms. The van der Waals surface area contributed by atoms with E-state index in [4.69, 9.17) is 0 Å². The molecule has 1 aliphatic heterocycles. The molecule has 134 valence electrons. The number of nitrogens with zero attached hydrogens (tertiary/aromatic N) is 4. The zero-order valence-electron chi connectivity index (χ0n) is 14.3. The van der Waals surface area contributed by atoms with Crippen molar-refractivity contribution in [1.29, 1.82) is 0 Å². The number of aliphatic imine (C=N–C) groups is 1. The van der Waals surface area contributed by atoms with E-state index in [1.165, 1.54) is 18.2 Å². The average Bonchev–Trinajstić information content (AvgIpc) is 3.20. The second kappa shape index (κ2) is 7.50. The summed E-state index contributed by atoms with van der Waals surface area (Å²) in [5.41, 5.74) is 0.0442. The number of anilines is 1. The first-order valence-corrected chi connectivity index (χ1v) is 8.21. The lowest BCUT2D eigenvalue weighted by Crippen LogP contribution is -2.44. The molecular formula is C17H22F2N6. The van der Waals surface area contributed by atoms with Crippen LogP contribution in [0.3, 0.4) is 0 Å². The summed E-state index contributed by atoms with van der Waals surface area (Å²) < 4.78 is 29.8. The molecule has 0 bridgehead atoms. The molecule has 0 amide bonds. The highest BCUT2D eigenvalue weighted by Crippen LogP contribution is 2.26. The van der Waals surface area contributed by atoms with Crippen LogP contribution in [0.15, 0.2) is 35.6 Å². The van der Waals surface area contributed by atoms with Gasteiger partial charge in [-0.15, -0.1) is 0 Å². The zero-order valence-corrected chi connectivity index (χ0v) is 14.3. The molecule has 0 aliphatic carbocycles. The Bertz CT molecular complexity index is 737. The van der Waals surface area contributed by atoms with Crippen LogP contribution in [0, 0.1) is 11.6 Å². The smallest absolute Gasteiger partial charge is 0.191 e. The van der Waals surface area contributed by atoms with Crippen molar-refractivity contribution in [2.75, 3.05) is 25.0 Å². The van der Waals surface area contributed by atoms with Gasteiger partial charge in [0.05, 0.1) is 6.54 Å². The normalized spacial score (nSPS) is 17.8. The second-order valence-corrected chi connectivity index (χ2v) is 6.03. The van der Waals surface area contributed by atoms with Crippen molar-refractivity contribution in [3.05, 3.63) is 48.1 Å². The highest BCUT2D eigenvalue weighted by atomic mass is 19.1. The standard InChI is InChI=1S/C17H22F2N6/c1-20-17(22-10-15-21-7-9-24(15)2)23-12-6-8-25(11-12)16-13(18)4-3-5-14(16)19/h3-5,7,9,12H,6,8,10-11H2,1-2H3,(H2,20,22,23). The Kier molecular flexibility index (Phi) is 5.16. The Morgan fingerprint density at radius 3 is 2.76 bits per heavy atom. The molecule has 1 aliphatic rings. The minimum absolute atomic E-state index is 0.0442. The molecule has 0 saturated carbocycles. The van der Waals surface area contributed by atoms with Crippen molar-refractivity contribution in [3.8, 4) is 0 Å². The Morgan fingerprint density at radius 1 is 1.36 bits per heavy atom. The van der Waals surface area contributed by atoms with E-state index in [0.29, 0.717) is 25.6 Å². The molecule has 1 atom stereocenters. The summed E-state index contributed by atoms with van der Waals surface area (Å²) in [4.78, 5) is 10.2. The minimum atomic E-state index is -0.530. The quantitative estimate of drug-likeness (QED) is 0.652. The van der Waals surface area contributed by atoms with Gasteiger partial charge in [-0.2, -0.15) is 0 Å². The number of imidazole rings is 1. The van der Waals surface area contributed by atoms with Crippen LogP contribution in [0.5, 0.6) is 0 Å². The first-order chi connectivity index (χ1) is 12.1. The van der Waals surface area contributed by atoms with Crippen LogP contribution in [0.25, 0.3) is 0 Å². The van der Waals surface area contributed by atoms with Crippen LogP contribution >= 0.6 is 0 Å². The van der Waals surface area contributed by atoms with E-state index in [1.54, 1.807) is 18.1 Å². The molecule has 2 aromatic rings. The van der Waals surface area contributed by atoms with Gasteiger partial charge in [0.1, 0.15) is 23.1 Å². The highest BCUT2D eigenvalue weighted by molar-refractivity contribution is 5.80. The maximum atomic E-state index is 13.9. The Hall–Kier alpha value is -2.64. The third-order valence-electron chi connectivity index (χ3n) is 4.34. The van der Waals surface area contributed by atoms with E-state index >= 15 is 0 Å². The molecule has 2 N–H and O–H groups in total. The molecule has 25 heavy (non-hydrogen) atoms. The molecule has 1 aromatic carbocycles. The summed E-state index contributed by atoms with van der Waals surface area (Å²) in [7, 11) is 3.62. The predicted molar refractivity (Wildman–Crippen MR) is 93.5 cm³/mol. The number of nitrogens with one attached hydrogen (secondary N) is 2. The molecule has 2 heterocycles. The Balaban J connectivity index is 1.57. The van der Waals surface area contributed by atoms with E-state index in [-0.39, 0.29) is 11.7 Å². The lowest BCUT2D eigenvalue weighted by Gasteiger charge is -2.21. The van der Waals surface area contributed by atoms with Crippen LogP contribution in [-0.4, -0.2) is 41.7 Å². The fourth-order valence-electron chi connectivity index (χ4n) is 2.99. The average molecular weight is 348 g/mol. The second-order valence-electron chi connectivity index (χ2n) is 6.03. The first-order valence-electron chi connectivity index (χ1n) is 8.21. The summed E-state index contributed by atoms with van der Waals surface area (Å²) in [5, 5.41) is 6.51. The lowest BCUT2D eigenvalue weighted by atomic mass is 10.2. The van der Waals surface area contributed by atoms with Gasteiger partial charge in [-0.05, 0) is 18.6 Å². The van der Waals surface area contributed by atoms with Crippen LogP contribution < -0.4 is 15.5 Å². The van der Waals surface area contributed by atoms with Gasteiger partial charge >= 0.3 is 0 Å². The van der Waals surface area contributed by atoms with Crippen LogP contribution in [0.1, 0.15) is 12.2 Å². The summed E-state index contributed by atoms with van der Waals surface area (Å²) >= 11 is 0. The topological polar surface area (TPSA) is 57.5 Å². The molecule has 1 unspecified atom stereocenters. The number of aromatic nitrogens is 2. The molecular weight excluding hydrogens is 326 g/mol. The predicted octanol–water partition coefficient (Wildman–Crippen LogP) is 1.64. The first kappa shape index (κ1) is 17.2. The maximum absolute atomic E-state index is 13.9. The van der Waals surface area contributed by atoms with Crippen molar-refractivity contribution in [3.63, 3.8) is 0 Å². The van der Waals surface area contributed by atoms with Crippen molar-refractivity contribution < 1.29 is 8.78 Å². The Morgan fingerprint density at radius 2 is 2.12 bits per heavy atom. The molecule has 0 spiro atoms. The van der Waals surface area contributed by atoms with Crippen LogP contribution in [-0.2, 0) is 13.6 Å². The number of aryl methyl sites for hydroxylation is 1. The van der Waals surface area contributed by atoms with Gasteiger partial charge in [-0.1, -0.05) is 6.07 Å². The molecule has 1 fully saturated rings. The van der Waals surface area contributed by atoms with Crippen molar-refractivity contribution in [2.45, 2.75) is 19.0 Å². The summed E-state index contributed by atoms with van der Waals surface area (Å²) in [6.07, 6.45) is 4.40. The lowest BCUT2D eigenvalue weighted by molar-refractivity contribution is 0.575. The third kappa shape index (κ3) is 3.89. The number of para-hydroxylation sites is 1. The van der Waals surface area contributed by atoms with E-state index in [9.17, 15) is 8.78 Å². The van der Waals surface area contributed by atoms with E-state index < -0.39 is 11.6 Å². The fraction of sp³-hybridized carbons (Fsp3) is 0.412. The highest BCUT2D eigenvalue weighted by Gasteiger charge is 2.27. The monoisotopic (exact) mass is 348 g/mol.